The van der Waals surface area contributed by atoms with Gasteiger partial charge in [-0.1, -0.05) is 35.3 Å². The molecule has 0 bridgehead atoms. The van der Waals surface area contributed by atoms with Crippen molar-refractivity contribution in [2.75, 3.05) is 30.3 Å². The van der Waals surface area contributed by atoms with E-state index in [0.717, 1.165) is 17.4 Å². The van der Waals surface area contributed by atoms with E-state index < -0.39 is 10.0 Å². The van der Waals surface area contributed by atoms with Crippen LogP contribution in [0.3, 0.4) is 0 Å². The fourth-order valence-electron chi connectivity index (χ4n) is 2.81. The number of hydrogen-bond acceptors (Lipinski definition) is 4. The van der Waals surface area contributed by atoms with Crippen LogP contribution in [0.5, 0.6) is 5.75 Å². The molecule has 2 aromatic carbocycles. The van der Waals surface area contributed by atoms with Gasteiger partial charge in [0.15, 0.2) is 0 Å². The number of benzene rings is 2. The number of anilines is 1. The fraction of sp³-hybridized carbons (Fsp3) is 0.381. The van der Waals surface area contributed by atoms with E-state index in [-0.39, 0.29) is 18.9 Å². The van der Waals surface area contributed by atoms with Gasteiger partial charge < -0.3 is 10.1 Å². The van der Waals surface area contributed by atoms with Crippen molar-refractivity contribution in [2.45, 2.75) is 26.7 Å². The monoisotopic (exact) mass is 472 g/mol. The van der Waals surface area contributed by atoms with Gasteiger partial charge in [-0.2, -0.15) is 0 Å². The Bertz CT molecular complexity index is 996. The molecule has 0 spiro atoms. The third-order valence-corrected chi connectivity index (χ3v) is 6.26. The fourth-order valence-corrected chi connectivity index (χ4v) is 4.16. The van der Waals surface area contributed by atoms with E-state index >= 15 is 0 Å². The Morgan fingerprint density at radius 1 is 1.10 bits per heavy atom. The van der Waals surface area contributed by atoms with E-state index in [1.165, 1.54) is 4.31 Å². The Balaban J connectivity index is 1.80. The topological polar surface area (TPSA) is 75.7 Å². The second-order valence-corrected chi connectivity index (χ2v) is 9.73. The molecule has 6 nitrogen and oxygen atoms in total. The number of hydrogen-bond donors (Lipinski definition) is 1. The summed E-state index contributed by atoms with van der Waals surface area (Å²) in [4.78, 5) is 12.1. The first-order valence-electron chi connectivity index (χ1n) is 9.47. The van der Waals surface area contributed by atoms with Crippen molar-refractivity contribution in [1.29, 1.82) is 0 Å². The van der Waals surface area contributed by atoms with Gasteiger partial charge in [0.25, 0.3) is 0 Å². The standard InChI is InChI=1S/C21H26Cl2N2O4S/c1-15-7-9-18(14-19(15)23)29-12-10-24-21(26)5-4-11-25(30(3,27)28)20-13-17(22)8-6-16(20)2/h6-9,13-14H,4-5,10-12H2,1-3H3,(H,24,26). The molecule has 0 aromatic heterocycles. The Labute approximate surface area is 188 Å². The van der Waals surface area contributed by atoms with Crippen LogP contribution in [-0.4, -0.2) is 40.3 Å². The summed E-state index contributed by atoms with van der Waals surface area (Å²) in [5.41, 5.74) is 2.28. The van der Waals surface area contributed by atoms with Crippen molar-refractivity contribution in [3.63, 3.8) is 0 Å². The van der Waals surface area contributed by atoms with Gasteiger partial charge in [-0.05, 0) is 55.7 Å². The Hall–Kier alpha value is -1.96. The van der Waals surface area contributed by atoms with Gasteiger partial charge in [-0.15, -0.1) is 0 Å². The minimum atomic E-state index is -3.50. The second kappa shape index (κ2) is 10.9. The van der Waals surface area contributed by atoms with Crippen LogP contribution < -0.4 is 14.4 Å². The molecular weight excluding hydrogens is 447 g/mol. The Morgan fingerprint density at radius 2 is 1.80 bits per heavy atom. The molecule has 2 rings (SSSR count). The summed E-state index contributed by atoms with van der Waals surface area (Å²) in [5.74, 6) is 0.470. The molecule has 0 aliphatic carbocycles. The Morgan fingerprint density at radius 3 is 2.47 bits per heavy atom. The third-order valence-electron chi connectivity index (χ3n) is 4.44. The van der Waals surface area contributed by atoms with Crippen LogP contribution in [0.2, 0.25) is 10.0 Å². The number of halogens is 2. The smallest absolute Gasteiger partial charge is 0.232 e. The molecule has 0 aliphatic heterocycles. The summed E-state index contributed by atoms with van der Waals surface area (Å²) in [6.07, 6.45) is 1.71. The molecule has 2 aromatic rings. The molecule has 0 unspecified atom stereocenters. The van der Waals surface area contributed by atoms with Crippen molar-refractivity contribution in [3.8, 4) is 5.75 Å². The molecule has 1 amide bonds. The van der Waals surface area contributed by atoms with Crippen LogP contribution in [-0.2, 0) is 14.8 Å². The van der Waals surface area contributed by atoms with Crippen LogP contribution >= 0.6 is 23.2 Å². The zero-order chi connectivity index (χ0) is 22.3. The molecule has 0 saturated carbocycles. The van der Waals surface area contributed by atoms with Gasteiger partial charge in [0.2, 0.25) is 15.9 Å². The van der Waals surface area contributed by atoms with Crippen molar-refractivity contribution in [3.05, 3.63) is 57.6 Å². The third kappa shape index (κ3) is 7.38. The highest BCUT2D eigenvalue weighted by Gasteiger charge is 2.19. The number of nitrogens with one attached hydrogen (secondary N) is 1. The van der Waals surface area contributed by atoms with E-state index in [4.69, 9.17) is 27.9 Å². The van der Waals surface area contributed by atoms with E-state index in [0.29, 0.717) is 41.1 Å². The number of sulfonamides is 1. The summed E-state index contributed by atoms with van der Waals surface area (Å²) in [5, 5.41) is 3.85. The van der Waals surface area contributed by atoms with Crippen LogP contribution in [0.25, 0.3) is 0 Å². The minimum absolute atomic E-state index is 0.170. The molecule has 0 fully saturated rings. The van der Waals surface area contributed by atoms with Crippen LogP contribution in [0.1, 0.15) is 24.0 Å². The predicted molar refractivity (Wildman–Crippen MR) is 122 cm³/mol. The lowest BCUT2D eigenvalue weighted by Gasteiger charge is -2.24. The van der Waals surface area contributed by atoms with Gasteiger partial charge >= 0.3 is 0 Å². The molecule has 0 heterocycles. The summed E-state index contributed by atoms with van der Waals surface area (Å²) in [7, 11) is -3.50. The van der Waals surface area contributed by atoms with Crippen molar-refractivity contribution in [2.24, 2.45) is 0 Å². The normalized spacial score (nSPS) is 11.2. The van der Waals surface area contributed by atoms with E-state index in [9.17, 15) is 13.2 Å². The first kappa shape index (κ1) is 24.3. The van der Waals surface area contributed by atoms with Crippen LogP contribution in [0.15, 0.2) is 36.4 Å². The molecule has 0 radical (unpaired) electrons. The van der Waals surface area contributed by atoms with Gasteiger partial charge in [0.1, 0.15) is 12.4 Å². The molecule has 1 N–H and O–H groups in total. The maximum absolute atomic E-state index is 12.2. The lowest BCUT2D eigenvalue weighted by molar-refractivity contribution is -0.121. The summed E-state index contributed by atoms with van der Waals surface area (Å²) in [6, 6.07) is 10.5. The summed E-state index contributed by atoms with van der Waals surface area (Å²) in [6.45, 7) is 4.56. The van der Waals surface area contributed by atoms with Gasteiger partial charge in [0, 0.05) is 23.0 Å². The van der Waals surface area contributed by atoms with Gasteiger partial charge in [-0.3, -0.25) is 9.10 Å². The van der Waals surface area contributed by atoms with Crippen molar-refractivity contribution < 1.29 is 17.9 Å². The molecule has 0 saturated heterocycles. The SMILES string of the molecule is Cc1ccc(OCCNC(=O)CCCN(c2cc(Cl)ccc2C)S(C)(=O)=O)cc1Cl. The highest BCUT2D eigenvalue weighted by atomic mass is 35.5. The number of carbonyl (C=O) groups is 1. The van der Waals surface area contributed by atoms with E-state index in [1.54, 1.807) is 24.3 Å². The van der Waals surface area contributed by atoms with E-state index in [1.807, 2.05) is 26.0 Å². The first-order valence-corrected chi connectivity index (χ1v) is 12.1. The maximum Gasteiger partial charge on any atom is 0.232 e. The number of rotatable bonds is 10. The van der Waals surface area contributed by atoms with E-state index in [2.05, 4.69) is 5.32 Å². The number of ether oxygens (including phenoxy) is 1. The lowest BCUT2D eigenvalue weighted by Crippen LogP contribution is -2.33. The van der Waals surface area contributed by atoms with Crippen LogP contribution in [0.4, 0.5) is 5.69 Å². The first-order chi connectivity index (χ1) is 14.1. The van der Waals surface area contributed by atoms with Gasteiger partial charge in [0.05, 0.1) is 18.5 Å². The number of aryl methyl sites for hydroxylation is 2. The molecule has 164 valence electrons. The molecule has 30 heavy (non-hydrogen) atoms. The van der Waals surface area contributed by atoms with Gasteiger partial charge in [-0.25, -0.2) is 8.42 Å². The zero-order valence-electron chi connectivity index (χ0n) is 17.2. The molecular formula is C21H26Cl2N2O4S. The number of nitrogens with zero attached hydrogens (tertiary/aromatic N) is 1. The molecule has 0 aliphatic rings. The number of carbonyl (C=O) groups excluding carboxylic acids is 1. The molecule has 9 heteroatoms. The Kier molecular flexibility index (Phi) is 8.82. The highest BCUT2D eigenvalue weighted by Crippen LogP contribution is 2.26. The maximum atomic E-state index is 12.2. The summed E-state index contributed by atoms with van der Waals surface area (Å²) >= 11 is 12.1. The van der Waals surface area contributed by atoms with Crippen molar-refractivity contribution >= 4 is 44.8 Å². The second-order valence-electron chi connectivity index (χ2n) is 6.98. The largest absolute Gasteiger partial charge is 0.492 e. The van der Waals surface area contributed by atoms with Crippen molar-refractivity contribution in [1.82, 2.24) is 5.32 Å². The molecule has 0 atom stereocenters. The quantitative estimate of drug-likeness (QED) is 0.521. The predicted octanol–water partition coefficient (Wildman–Crippen LogP) is 4.35. The zero-order valence-corrected chi connectivity index (χ0v) is 19.6. The van der Waals surface area contributed by atoms with Crippen LogP contribution in [0, 0.1) is 13.8 Å². The average molecular weight is 473 g/mol. The number of amides is 1. The summed E-state index contributed by atoms with van der Waals surface area (Å²) < 4.78 is 31.3. The lowest BCUT2D eigenvalue weighted by atomic mass is 10.2. The average Bonchev–Trinajstić information content (AvgIpc) is 2.66. The highest BCUT2D eigenvalue weighted by molar-refractivity contribution is 7.92. The minimum Gasteiger partial charge on any atom is -0.492 e.